The maximum absolute atomic E-state index is 12.3. The van der Waals surface area contributed by atoms with E-state index in [0.717, 1.165) is 26.8 Å². The molecule has 144 valence electrons. The maximum Gasteiger partial charge on any atom is 0.274 e. The predicted octanol–water partition coefficient (Wildman–Crippen LogP) is 4.30. The highest BCUT2D eigenvalue weighted by atomic mass is 32.1. The average Bonchev–Trinajstić information content (AvgIpc) is 3.14. The summed E-state index contributed by atoms with van der Waals surface area (Å²) in [6.07, 6.45) is 0. The van der Waals surface area contributed by atoms with E-state index in [9.17, 15) is 9.59 Å². The SMILES string of the molecule is NC(=O)c1sc2ccccc2c1[C@H](c1ccccc1)c1ccc(C(=O)NO)cc1. The molecule has 0 spiro atoms. The van der Waals surface area contributed by atoms with Crippen molar-refractivity contribution in [2.75, 3.05) is 0 Å². The fourth-order valence-electron chi connectivity index (χ4n) is 3.60. The van der Waals surface area contributed by atoms with Crippen molar-refractivity contribution in [2.45, 2.75) is 5.92 Å². The summed E-state index contributed by atoms with van der Waals surface area (Å²) in [5.41, 5.74) is 10.5. The Balaban J connectivity index is 1.96. The number of rotatable bonds is 5. The first-order chi connectivity index (χ1) is 14.1. The number of nitrogens with two attached hydrogens (primary N) is 1. The van der Waals surface area contributed by atoms with Crippen LogP contribution in [0.15, 0.2) is 78.9 Å². The third-order valence-electron chi connectivity index (χ3n) is 4.89. The van der Waals surface area contributed by atoms with Crippen LogP contribution in [0.1, 0.15) is 42.6 Å². The van der Waals surface area contributed by atoms with Crippen LogP contribution in [-0.2, 0) is 0 Å². The number of amides is 2. The fourth-order valence-corrected chi connectivity index (χ4v) is 4.69. The van der Waals surface area contributed by atoms with Gasteiger partial charge in [-0.2, -0.15) is 0 Å². The molecule has 4 rings (SSSR count). The summed E-state index contributed by atoms with van der Waals surface area (Å²) in [6.45, 7) is 0. The van der Waals surface area contributed by atoms with E-state index in [0.29, 0.717) is 10.4 Å². The van der Waals surface area contributed by atoms with Gasteiger partial charge in [0.15, 0.2) is 0 Å². The second kappa shape index (κ2) is 7.87. The van der Waals surface area contributed by atoms with Gasteiger partial charge in [0.05, 0.1) is 4.88 Å². The summed E-state index contributed by atoms with van der Waals surface area (Å²) in [5.74, 6) is -1.27. The molecule has 0 bridgehead atoms. The highest BCUT2D eigenvalue weighted by Crippen LogP contribution is 2.42. The lowest BCUT2D eigenvalue weighted by Gasteiger charge is -2.20. The lowest BCUT2D eigenvalue weighted by molar-refractivity contribution is 0.0706. The van der Waals surface area contributed by atoms with E-state index in [1.165, 1.54) is 11.3 Å². The molecule has 1 heterocycles. The molecule has 29 heavy (non-hydrogen) atoms. The van der Waals surface area contributed by atoms with E-state index >= 15 is 0 Å². The summed E-state index contributed by atoms with van der Waals surface area (Å²) in [6, 6.07) is 24.7. The molecule has 1 atom stereocenters. The zero-order valence-electron chi connectivity index (χ0n) is 15.3. The zero-order valence-corrected chi connectivity index (χ0v) is 16.1. The second-order valence-electron chi connectivity index (χ2n) is 6.61. The quantitative estimate of drug-likeness (QED) is 0.343. The largest absolute Gasteiger partial charge is 0.365 e. The number of carbonyl (C=O) groups is 2. The van der Waals surface area contributed by atoms with Crippen LogP contribution in [0.5, 0.6) is 0 Å². The number of primary amides is 1. The van der Waals surface area contributed by atoms with Crippen LogP contribution in [0.3, 0.4) is 0 Å². The number of hydroxylamine groups is 1. The van der Waals surface area contributed by atoms with Gasteiger partial charge < -0.3 is 5.73 Å². The minimum absolute atomic E-state index is 0.235. The van der Waals surface area contributed by atoms with Crippen molar-refractivity contribution in [3.05, 3.63) is 106 Å². The molecular formula is C23H18N2O3S. The molecule has 0 radical (unpaired) electrons. The zero-order chi connectivity index (χ0) is 20.4. The molecule has 0 saturated heterocycles. The van der Waals surface area contributed by atoms with Crippen molar-refractivity contribution in [3.8, 4) is 0 Å². The van der Waals surface area contributed by atoms with Gasteiger partial charge in [-0.1, -0.05) is 60.7 Å². The number of carbonyl (C=O) groups excluding carboxylic acids is 2. The van der Waals surface area contributed by atoms with E-state index in [2.05, 4.69) is 0 Å². The van der Waals surface area contributed by atoms with Gasteiger partial charge in [-0.05, 0) is 40.3 Å². The summed E-state index contributed by atoms with van der Waals surface area (Å²) < 4.78 is 0.994. The Hall–Kier alpha value is -3.48. The van der Waals surface area contributed by atoms with Crippen LogP contribution in [0, 0.1) is 0 Å². The van der Waals surface area contributed by atoms with E-state index in [1.54, 1.807) is 17.6 Å². The summed E-state index contributed by atoms with van der Waals surface area (Å²) in [5, 5.41) is 9.84. The Labute approximate surface area is 171 Å². The van der Waals surface area contributed by atoms with Gasteiger partial charge in [0.2, 0.25) is 0 Å². The normalized spacial score (nSPS) is 11.9. The first-order valence-corrected chi connectivity index (χ1v) is 9.82. The smallest absolute Gasteiger partial charge is 0.274 e. The predicted molar refractivity (Wildman–Crippen MR) is 113 cm³/mol. The molecule has 1 aromatic heterocycles. The lowest BCUT2D eigenvalue weighted by atomic mass is 9.83. The number of fused-ring (bicyclic) bond motifs is 1. The van der Waals surface area contributed by atoms with Gasteiger partial charge in [-0.25, -0.2) is 5.48 Å². The van der Waals surface area contributed by atoms with Crippen LogP contribution in [0.25, 0.3) is 10.1 Å². The molecule has 0 aliphatic rings. The maximum atomic E-state index is 12.3. The van der Waals surface area contributed by atoms with Crippen LogP contribution in [0.2, 0.25) is 0 Å². The molecule has 5 nitrogen and oxygen atoms in total. The van der Waals surface area contributed by atoms with Crippen molar-refractivity contribution >= 4 is 33.2 Å². The number of hydrogen-bond acceptors (Lipinski definition) is 4. The van der Waals surface area contributed by atoms with Crippen LogP contribution < -0.4 is 11.2 Å². The van der Waals surface area contributed by atoms with Gasteiger partial charge in [0.25, 0.3) is 11.8 Å². The fraction of sp³-hybridized carbons (Fsp3) is 0.0435. The van der Waals surface area contributed by atoms with Crippen molar-refractivity contribution in [3.63, 3.8) is 0 Å². The summed E-state index contributed by atoms with van der Waals surface area (Å²) in [7, 11) is 0. The molecule has 0 saturated carbocycles. The number of hydrogen-bond donors (Lipinski definition) is 3. The molecule has 0 aliphatic heterocycles. The van der Waals surface area contributed by atoms with E-state index in [-0.39, 0.29) is 5.92 Å². The first-order valence-electron chi connectivity index (χ1n) is 9.00. The Kier molecular flexibility index (Phi) is 5.12. The number of nitrogens with one attached hydrogen (secondary N) is 1. The average molecular weight is 402 g/mol. The van der Waals surface area contributed by atoms with Crippen LogP contribution in [-0.4, -0.2) is 17.0 Å². The Morgan fingerprint density at radius 3 is 2.14 bits per heavy atom. The number of thiophene rings is 1. The van der Waals surface area contributed by atoms with Gasteiger partial charge in [-0.3, -0.25) is 14.8 Å². The van der Waals surface area contributed by atoms with Gasteiger partial charge >= 0.3 is 0 Å². The summed E-state index contributed by atoms with van der Waals surface area (Å²) >= 11 is 1.39. The van der Waals surface area contributed by atoms with Crippen LogP contribution >= 0.6 is 11.3 Å². The molecule has 2 amide bonds. The highest BCUT2D eigenvalue weighted by molar-refractivity contribution is 7.21. The Bertz CT molecular complexity index is 1180. The number of benzene rings is 3. The van der Waals surface area contributed by atoms with Crippen molar-refractivity contribution < 1.29 is 14.8 Å². The monoisotopic (exact) mass is 402 g/mol. The third kappa shape index (κ3) is 3.51. The molecule has 3 aromatic carbocycles. The summed E-state index contributed by atoms with van der Waals surface area (Å²) in [4.78, 5) is 24.5. The highest BCUT2D eigenvalue weighted by Gasteiger charge is 2.26. The minimum atomic E-state index is -0.577. The van der Waals surface area contributed by atoms with Gasteiger partial charge in [0, 0.05) is 16.2 Å². The topological polar surface area (TPSA) is 92.4 Å². The molecule has 0 unspecified atom stereocenters. The lowest BCUT2D eigenvalue weighted by Crippen LogP contribution is -2.18. The molecule has 0 fully saturated rings. The Morgan fingerprint density at radius 2 is 1.48 bits per heavy atom. The first kappa shape index (κ1) is 18.9. The molecule has 0 aliphatic carbocycles. The standard InChI is InChI=1S/C23H18N2O3S/c24-22(26)21-20(17-8-4-5-9-18(17)29-21)19(14-6-2-1-3-7-14)15-10-12-16(13-11-15)23(27)25-28/h1-13,19,28H,(H2,24,26)(H,25,27)/t19-/m1/s1. The van der Waals surface area contributed by atoms with Crippen molar-refractivity contribution in [1.82, 2.24) is 5.48 Å². The van der Waals surface area contributed by atoms with Gasteiger partial charge in [0.1, 0.15) is 0 Å². The van der Waals surface area contributed by atoms with E-state index < -0.39 is 11.8 Å². The minimum Gasteiger partial charge on any atom is -0.365 e. The second-order valence-corrected chi connectivity index (χ2v) is 7.66. The molecule has 4 N–H and O–H groups in total. The van der Waals surface area contributed by atoms with Crippen LogP contribution in [0.4, 0.5) is 0 Å². The Morgan fingerprint density at radius 1 is 0.862 bits per heavy atom. The van der Waals surface area contributed by atoms with Gasteiger partial charge in [-0.15, -0.1) is 11.3 Å². The molecule has 4 aromatic rings. The third-order valence-corrected chi connectivity index (χ3v) is 6.09. The van der Waals surface area contributed by atoms with E-state index in [1.807, 2.05) is 66.7 Å². The molecular weight excluding hydrogens is 384 g/mol. The van der Waals surface area contributed by atoms with E-state index in [4.69, 9.17) is 10.9 Å². The molecule has 6 heteroatoms. The van der Waals surface area contributed by atoms with Crippen molar-refractivity contribution in [2.24, 2.45) is 5.73 Å². The van der Waals surface area contributed by atoms with Crippen molar-refractivity contribution in [1.29, 1.82) is 0 Å².